The van der Waals surface area contributed by atoms with Gasteiger partial charge in [-0.05, 0) is 50.7 Å². The number of benzene rings is 1. The third kappa shape index (κ3) is 6.01. The first-order chi connectivity index (χ1) is 9.13. The van der Waals surface area contributed by atoms with Crippen molar-refractivity contribution in [3.8, 4) is 0 Å². The quantitative estimate of drug-likeness (QED) is 0.651. The lowest BCUT2D eigenvalue weighted by Crippen LogP contribution is -2.25. The molecule has 0 bridgehead atoms. The van der Waals surface area contributed by atoms with Crippen LogP contribution < -0.4 is 16.0 Å². The van der Waals surface area contributed by atoms with Crippen molar-refractivity contribution < 1.29 is 9.59 Å². The van der Waals surface area contributed by atoms with Crippen LogP contribution in [0.3, 0.4) is 0 Å². The molecule has 2 amide bonds. The number of carbonyl (C=O) groups is 2. The molecule has 0 spiro atoms. The topological polar surface area (TPSA) is 70.2 Å². The minimum Gasteiger partial charge on any atom is -0.352 e. The second kappa shape index (κ2) is 8.26. The van der Waals surface area contributed by atoms with Crippen molar-refractivity contribution in [1.29, 1.82) is 0 Å². The smallest absolute Gasteiger partial charge is 0.251 e. The normalized spacial score (nSPS) is 10.0. The summed E-state index contributed by atoms with van der Waals surface area (Å²) in [7, 11) is 1.91. The summed E-state index contributed by atoms with van der Waals surface area (Å²) in [6, 6.07) is 6.84. The van der Waals surface area contributed by atoms with Crippen LogP contribution in [0.15, 0.2) is 24.3 Å². The summed E-state index contributed by atoms with van der Waals surface area (Å²) in [4.78, 5) is 22.7. The standard InChI is InChI=1S/C14H21N3O2/c1-11(18)17-13-7-5-12(6-8-13)14(19)16-10-4-3-9-15-2/h5-8,15H,3-4,9-10H2,1-2H3,(H,16,19)(H,17,18). The molecule has 5 heteroatoms. The fraction of sp³-hybridized carbons (Fsp3) is 0.429. The monoisotopic (exact) mass is 263 g/mol. The van der Waals surface area contributed by atoms with E-state index in [-0.39, 0.29) is 11.8 Å². The first-order valence-electron chi connectivity index (χ1n) is 6.44. The molecule has 1 aromatic carbocycles. The Bertz CT molecular complexity index is 415. The number of carbonyl (C=O) groups excluding carboxylic acids is 2. The molecule has 1 rings (SSSR count). The highest BCUT2D eigenvalue weighted by Crippen LogP contribution is 2.09. The van der Waals surface area contributed by atoms with E-state index in [2.05, 4.69) is 16.0 Å². The van der Waals surface area contributed by atoms with Crippen LogP contribution in [-0.4, -0.2) is 32.0 Å². The van der Waals surface area contributed by atoms with Crippen LogP contribution in [0.1, 0.15) is 30.1 Å². The summed E-state index contributed by atoms with van der Waals surface area (Å²) in [5.74, 6) is -0.208. The van der Waals surface area contributed by atoms with Crippen LogP contribution in [0.2, 0.25) is 0 Å². The van der Waals surface area contributed by atoms with E-state index in [1.54, 1.807) is 24.3 Å². The zero-order valence-electron chi connectivity index (χ0n) is 11.5. The van der Waals surface area contributed by atoms with Crippen molar-refractivity contribution >= 4 is 17.5 Å². The lowest BCUT2D eigenvalue weighted by Gasteiger charge is -2.06. The van der Waals surface area contributed by atoms with Crippen LogP contribution in [0.4, 0.5) is 5.69 Å². The molecule has 0 unspecified atom stereocenters. The van der Waals surface area contributed by atoms with Gasteiger partial charge in [0, 0.05) is 24.7 Å². The number of hydrogen-bond acceptors (Lipinski definition) is 3. The van der Waals surface area contributed by atoms with Gasteiger partial charge >= 0.3 is 0 Å². The Kier molecular flexibility index (Phi) is 6.60. The van der Waals surface area contributed by atoms with E-state index >= 15 is 0 Å². The molecule has 0 saturated carbocycles. The molecule has 5 nitrogen and oxygen atoms in total. The van der Waals surface area contributed by atoms with Gasteiger partial charge in [-0.1, -0.05) is 0 Å². The molecule has 0 saturated heterocycles. The van der Waals surface area contributed by atoms with Crippen LogP contribution in [0, 0.1) is 0 Å². The van der Waals surface area contributed by atoms with Crippen molar-refractivity contribution in [2.45, 2.75) is 19.8 Å². The van der Waals surface area contributed by atoms with Crippen LogP contribution in [0.25, 0.3) is 0 Å². The van der Waals surface area contributed by atoms with Gasteiger partial charge < -0.3 is 16.0 Å². The average molecular weight is 263 g/mol. The molecule has 0 atom stereocenters. The van der Waals surface area contributed by atoms with Crippen LogP contribution in [0.5, 0.6) is 0 Å². The van der Waals surface area contributed by atoms with Crippen LogP contribution in [-0.2, 0) is 4.79 Å². The maximum Gasteiger partial charge on any atom is 0.251 e. The Morgan fingerprint density at radius 2 is 1.68 bits per heavy atom. The summed E-state index contributed by atoms with van der Waals surface area (Å²) >= 11 is 0. The van der Waals surface area contributed by atoms with Gasteiger partial charge in [-0.2, -0.15) is 0 Å². The molecule has 0 radical (unpaired) electrons. The van der Waals surface area contributed by atoms with Crippen LogP contribution >= 0.6 is 0 Å². The summed E-state index contributed by atoms with van der Waals surface area (Å²) in [5.41, 5.74) is 1.29. The van der Waals surface area contributed by atoms with Crippen molar-refractivity contribution in [1.82, 2.24) is 10.6 Å². The molecular formula is C14H21N3O2. The third-order valence-electron chi connectivity index (χ3n) is 2.61. The van der Waals surface area contributed by atoms with Crippen molar-refractivity contribution in [2.24, 2.45) is 0 Å². The largest absolute Gasteiger partial charge is 0.352 e. The predicted octanol–water partition coefficient (Wildman–Crippen LogP) is 1.37. The number of unbranched alkanes of at least 4 members (excludes halogenated alkanes) is 1. The van der Waals surface area contributed by atoms with Gasteiger partial charge in [0.25, 0.3) is 5.91 Å². The molecule has 0 fully saturated rings. The van der Waals surface area contributed by atoms with E-state index in [1.165, 1.54) is 6.92 Å². The van der Waals surface area contributed by atoms with Gasteiger partial charge in [0.1, 0.15) is 0 Å². The van der Waals surface area contributed by atoms with Crippen molar-refractivity contribution in [3.05, 3.63) is 29.8 Å². The zero-order valence-corrected chi connectivity index (χ0v) is 11.5. The Balaban J connectivity index is 2.38. The van der Waals surface area contributed by atoms with E-state index < -0.39 is 0 Å². The molecule has 3 N–H and O–H groups in total. The van der Waals surface area contributed by atoms with Gasteiger partial charge in [-0.3, -0.25) is 9.59 Å². The molecular weight excluding hydrogens is 242 g/mol. The molecule has 0 aliphatic heterocycles. The van der Waals surface area contributed by atoms with Gasteiger partial charge in [0.2, 0.25) is 5.91 Å². The molecule has 0 heterocycles. The average Bonchev–Trinajstić information content (AvgIpc) is 2.38. The maximum atomic E-state index is 11.8. The highest BCUT2D eigenvalue weighted by Gasteiger charge is 2.04. The molecule has 0 aliphatic carbocycles. The lowest BCUT2D eigenvalue weighted by molar-refractivity contribution is -0.114. The minimum absolute atomic E-state index is 0.0844. The first-order valence-corrected chi connectivity index (χ1v) is 6.44. The number of hydrogen-bond donors (Lipinski definition) is 3. The summed E-state index contributed by atoms with van der Waals surface area (Å²) in [6.45, 7) is 3.08. The fourth-order valence-electron chi connectivity index (χ4n) is 1.64. The third-order valence-corrected chi connectivity index (χ3v) is 2.61. The predicted molar refractivity (Wildman–Crippen MR) is 76.2 cm³/mol. The zero-order chi connectivity index (χ0) is 14.1. The second-order valence-electron chi connectivity index (χ2n) is 4.33. The molecule has 1 aromatic rings. The highest BCUT2D eigenvalue weighted by molar-refractivity contribution is 5.95. The summed E-state index contributed by atoms with van der Waals surface area (Å²) in [5, 5.41) is 8.59. The second-order valence-corrected chi connectivity index (χ2v) is 4.33. The Morgan fingerprint density at radius 1 is 1.05 bits per heavy atom. The van der Waals surface area contributed by atoms with Gasteiger partial charge in [-0.25, -0.2) is 0 Å². The maximum absolute atomic E-state index is 11.8. The SMILES string of the molecule is CNCCCCNC(=O)c1ccc(NC(C)=O)cc1. The number of rotatable bonds is 7. The fourth-order valence-corrected chi connectivity index (χ4v) is 1.64. The minimum atomic E-state index is -0.123. The summed E-state index contributed by atoms with van der Waals surface area (Å²) in [6.07, 6.45) is 1.99. The number of nitrogens with one attached hydrogen (secondary N) is 3. The van der Waals surface area contributed by atoms with E-state index in [0.717, 1.165) is 19.4 Å². The number of anilines is 1. The Labute approximate surface area is 113 Å². The van der Waals surface area contributed by atoms with E-state index in [0.29, 0.717) is 17.8 Å². The van der Waals surface area contributed by atoms with E-state index in [1.807, 2.05) is 7.05 Å². The van der Waals surface area contributed by atoms with Crippen molar-refractivity contribution in [3.63, 3.8) is 0 Å². The van der Waals surface area contributed by atoms with Gasteiger partial charge in [0.15, 0.2) is 0 Å². The van der Waals surface area contributed by atoms with Crippen molar-refractivity contribution in [2.75, 3.05) is 25.5 Å². The van der Waals surface area contributed by atoms with Gasteiger partial charge in [-0.15, -0.1) is 0 Å². The molecule has 19 heavy (non-hydrogen) atoms. The lowest BCUT2D eigenvalue weighted by atomic mass is 10.2. The highest BCUT2D eigenvalue weighted by atomic mass is 16.2. The van der Waals surface area contributed by atoms with E-state index in [9.17, 15) is 9.59 Å². The van der Waals surface area contributed by atoms with E-state index in [4.69, 9.17) is 0 Å². The Hall–Kier alpha value is -1.88. The summed E-state index contributed by atoms with van der Waals surface area (Å²) < 4.78 is 0. The first kappa shape index (κ1) is 15.2. The van der Waals surface area contributed by atoms with Gasteiger partial charge in [0.05, 0.1) is 0 Å². The number of amides is 2. The molecule has 0 aromatic heterocycles. The molecule has 0 aliphatic rings. The molecule has 104 valence electrons. The Morgan fingerprint density at radius 3 is 2.26 bits per heavy atom.